The van der Waals surface area contributed by atoms with Crippen LogP contribution in [-0.2, 0) is 14.8 Å². The van der Waals surface area contributed by atoms with Gasteiger partial charge in [0.1, 0.15) is 5.82 Å². The summed E-state index contributed by atoms with van der Waals surface area (Å²) >= 11 is 5.66. The molecule has 0 amide bonds. The van der Waals surface area contributed by atoms with Gasteiger partial charge in [-0.25, -0.2) is 12.8 Å². The Bertz CT molecular complexity index is 859. The second kappa shape index (κ2) is 7.19. The molecule has 5 nitrogen and oxygen atoms in total. The van der Waals surface area contributed by atoms with Gasteiger partial charge in [0.2, 0.25) is 0 Å². The summed E-state index contributed by atoms with van der Waals surface area (Å²) in [5.74, 6) is -0.662. The Kier molecular flexibility index (Phi) is 5.17. The molecule has 1 aliphatic rings. The van der Waals surface area contributed by atoms with Crippen molar-refractivity contribution in [1.29, 1.82) is 0 Å². The van der Waals surface area contributed by atoms with Crippen LogP contribution < -0.4 is 9.62 Å². The molecule has 0 aromatic heterocycles. The highest BCUT2D eigenvalue weighted by atomic mass is 35.5. The number of rotatable bonds is 5. The maximum absolute atomic E-state index is 13.2. The van der Waals surface area contributed by atoms with E-state index in [1.54, 1.807) is 19.2 Å². The SMILES string of the molecule is CO[C@@H]1CCN(c2ccc(NS(=O)(=O)c3ccc(F)c(Cl)c3)cc2)C1. The van der Waals surface area contributed by atoms with Gasteiger partial charge in [0, 0.05) is 31.6 Å². The van der Waals surface area contributed by atoms with Gasteiger partial charge in [-0.3, -0.25) is 4.72 Å². The number of nitrogens with zero attached hydrogens (tertiary/aromatic N) is 1. The Morgan fingerprint density at radius 1 is 1.24 bits per heavy atom. The monoisotopic (exact) mass is 384 g/mol. The van der Waals surface area contributed by atoms with E-state index in [-0.39, 0.29) is 16.0 Å². The summed E-state index contributed by atoms with van der Waals surface area (Å²) in [6, 6.07) is 10.4. The largest absolute Gasteiger partial charge is 0.380 e. The number of hydrogen-bond acceptors (Lipinski definition) is 4. The first kappa shape index (κ1) is 18.0. The minimum atomic E-state index is -3.83. The first-order valence-corrected chi connectivity index (χ1v) is 9.61. The Balaban J connectivity index is 1.73. The quantitative estimate of drug-likeness (QED) is 0.857. The third-order valence-corrected chi connectivity index (χ3v) is 5.83. The molecule has 0 unspecified atom stereocenters. The molecule has 0 saturated carbocycles. The summed E-state index contributed by atoms with van der Waals surface area (Å²) in [4.78, 5) is 2.09. The van der Waals surface area contributed by atoms with Crippen molar-refractivity contribution < 1.29 is 17.5 Å². The lowest BCUT2D eigenvalue weighted by Gasteiger charge is -2.19. The van der Waals surface area contributed by atoms with Crippen LogP contribution in [0.3, 0.4) is 0 Å². The predicted octanol–water partition coefficient (Wildman–Crippen LogP) is 3.51. The van der Waals surface area contributed by atoms with Crippen molar-refractivity contribution in [2.45, 2.75) is 17.4 Å². The number of benzene rings is 2. The molecule has 2 aromatic rings. The topological polar surface area (TPSA) is 58.6 Å². The molecule has 1 fully saturated rings. The highest BCUT2D eigenvalue weighted by Crippen LogP contribution is 2.25. The molecule has 1 saturated heterocycles. The van der Waals surface area contributed by atoms with Crippen molar-refractivity contribution in [1.82, 2.24) is 0 Å². The molecule has 8 heteroatoms. The molecule has 0 radical (unpaired) electrons. The predicted molar refractivity (Wildman–Crippen MR) is 96.3 cm³/mol. The molecule has 0 bridgehead atoms. The molecule has 0 spiro atoms. The molecule has 25 heavy (non-hydrogen) atoms. The Hall–Kier alpha value is -1.83. The van der Waals surface area contributed by atoms with Crippen molar-refractivity contribution in [3.05, 3.63) is 53.3 Å². The third-order valence-electron chi connectivity index (χ3n) is 4.16. The van der Waals surface area contributed by atoms with E-state index in [2.05, 4.69) is 9.62 Å². The zero-order chi connectivity index (χ0) is 18.0. The standard InChI is InChI=1S/C17H18ClFN2O3S/c1-24-14-8-9-21(11-14)13-4-2-12(3-5-13)20-25(22,23)15-6-7-17(19)16(18)10-15/h2-7,10,14,20H,8-9,11H2,1H3/t14-/m1/s1. The Morgan fingerprint density at radius 2 is 1.96 bits per heavy atom. The van der Waals surface area contributed by atoms with Gasteiger partial charge < -0.3 is 9.64 Å². The van der Waals surface area contributed by atoms with Crippen molar-refractivity contribution in [2.75, 3.05) is 29.8 Å². The molecule has 134 valence electrons. The summed E-state index contributed by atoms with van der Waals surface area (Å²) in [6.45, 7) is 1.72. The first-order valence-electron chi connectivity index (χ1n) is 7.75. The number of hydrogen-bond donors (Lipinski definition) is 1. The molecular weight excluding hydrogens is 367 g/mol. The first-order chi connectivity index (χ1) is 11.9. The van der Waals surface area contributed by atoms with E-state index in [1.165, 1.54) is 6.07 Å². The lowest BCUT2D eigenvalue weighted by Crippen LogP contribution is -2.22. The zero-order valence-electron chi connectivity index (χ0n) is 13.6. The van der Waals surface area contributed by atoms with Gasteiger partial charge in [0.25, 0.3) is 10.0 Å². The van der Waals surface area contributed by atoms with E-state index >= 15 is 0 Å². The molecule has 1 aliphatic heterocycles. The van der Waals surface area contributed by atoms with Crippen LogP contribution in [0.15, 0.2) is 47.4 Å². The second-order valence-corrected chi connectivity index (χ2v) is 7.91. The van der Waals surface area contributed by atoms with Crippen LogP contribution >= 0.6 is 11.6 Å². The summed E-state index contributed by atoms with van der Waals surface area (Å²) < 4.78 is 45.8. The molecular formula is C17H18ClFN2O3S. The number of halogens is 2. The van der Waals surface area contributed by atoms with Gasteiger partial charge in [0.05, 0.1) is 16.0 Å². The number of ether oxygens (including phenoxy) is 1. The molecule has 1 heterocycles. The highest BCUT2D eigenvalue weighted by Gasteiger charge is 2.22. The van der Waals surface area contributed by atoms with Crippen LogP contribution in [0.4, 0.5) is 15.8 Å². The molecule has 2 aromatic carbocycles. The van der Waals surface area contributed by atoms with Crippen LogP contribution in [0.2, 0.25) is 5.02 Å². The van der Waals surface area contributed by atoms with Gasteiger partial charge in [0.15, 0.2) is 0 Å². The maximum atomic E-state index is 13.2. The van der Waals surface area contributed by atoms with Crippen molar-refractivity contribution in [3.8, 4) is 0 Å². The van der Waals surface area contributed by atoms with Gasteiger partial charge in [-0.2, -0.15) is 0 Å². The van der Waals surface area contributed by atoms with Gasteiger partial charge >= 0.3 is 0 Å². The highest BCUT2D eigenvalue weighted by molar-refractivity contribution is 7.92. The number of anilines is 2. The minimum Gasteiger partial charge on any atom is -0.380 e. The average molecular weight is 385 g/mol. The van der Waals surface area contributed by atoms with Gasteiger partial charge in [-0.1, -0.05) is 11.6 Å². The van der Waals surface area contributed by atoms with E-state index in [0.717, 1.165) is 37.3 Å². The van der Waals surface area contributed by atoms with E-state index in [1.807, 2.05) is 12.1 Å². The summed E-state index contributed by atoms with van der Waals surface area (Å²) in [5.41, 5.74) is 1.43. The number of methoxy groups -OCH3 is 1. The Labute approximate surface area is 151 Å². The van der Waals surface area contributed by atoms with Gasteiger partial charge in [-0.15, -0.1) is 0 Å². The molecule has 0 aliphatic carbocycles. The lowest BCUT2D eigenvalue weighted by molar-refractivity contribution is 0.121. The minimum absolute atomic E-state index is 0.0922. The van der Waals surface area contributed by atoms with Crippen LogP contribution in [0.1, 0.15) is 6.42 Å². The summed E-state index contributed by atoms with van der Waals surface area (Å²) in [6.07, 6.45) is 1.19. The van der Waals surface area contributed by atoms with Crippen LogP contribution in [0, 0.1) is 5.82 Å². The molecule has 1 atom stereocenters. The number of nitrogens with one attached hydrogen (secondary N) is 1. The van der Waals surface area contributed by atoms with Crippen LogP contribution in [0.5, 0.6) is 0 Å². The second-order valence-electron chi connectivity index (χ2n) is 5.82. The Morgan fingerprint density at radius 3 is 2.56 bits per heavy atom. The maximum Gasteiger partial charge on any atom is 0.261 e. The van der Waals surface area contributed by atoms with Crippen LogP contribution in [0.25, 0.3) is 0 Å². The molecule has 3 rings (SSSR count). The summed E-state index contributed by atoms with van der Waals surface area (Å²) in [5, 5.41) is -0.236. The van der Waals surface area contributed by atoms with Gasteiger partial charge in [-0.05, 0) is 48.9 Å². The van der Waals surface area contributed by atoms with E-state index in [9.17, 15) is 12.8 Å². The van der Waals surface area contributed by atoms with Crippen molar-refractivity contribution in [3.63, 3.8) is 0 Å². The normalized spacial score (nSPS) is 17.7. The van der Waals surface area contributed by atoms with E-state index < -0.39 is 15.8 Å². The smallest absolute Gasteiger partial charge is 0.261 e. The van der Waals surface area contributed by atoms with E-state index in [0.29, 0.717) is 5.69 Å². The fraction of sp³-hybridized carbons (Fsp3) is 0.294. The fourth-order valence-electron chi connectivity index (χ4n) is 2.75. The van der Waals surface area contributed by atoms with Crippen LogP contribution in [-0.4, -0.2) is 34.7 Å². The third kappa shape index (κ3) is 4.05. The lowest BCUT2D eigenvalue weighted by atomic mass is 10.2. The molecule has 1 N–H and O–H groups in total. The van der Waals surface area contributed by atoms with Crippen molar-refractivity contribution in [2.24, 2.45) is 0 Å². The summed E-state index contributed by atoms with van der Waals surface area (Å²) in [7, 11) is -2.13. The fourth-order valence-corrected chi connectivity index (χ4v) is 4.08. The number of sulfonamides is 1. The zero-order valence-corrected chi connectivity index (χ0v) is 15.1. The average Bonchev–Trinajstić information content (AvgIpc) is 3.06. The van der Waals surface area contributed by atoms with Crippen molar-refractivity contribution >= 4 is 33.0 Å². The van der Waals surface area contributed by atoms with E-state index in [4.69, 9.17) is 16.3 Å².